The lowest BCUT2D eigenvalue weighted by molar-refractivity contribution is 0.126. The Morgan fingerprint density at radius 3 is 2.57 bits per heavy atom. The minimum Gasteiger partial charge on any atom is -0.507 e. The number of methoxy groups -OCH3 is 1. The summed E-state index contributed by atoms with van der Waals surface area (Å²) in [4.78, 5) is 19.7. The first-order valence-corrected chi connectivity index (χ1v) is 12.8. The molecule has 0 spiro atoms. The van der Waals surface area contributed by atoms with Gasteiger partial charge in [-0.1, -0.05) is 32.9 Å². The van der Waals surface area contributed by atoms with Gasteiger partial charge in [0.15, 0.2) is 0 Å². The number of hydrogen-bond donors (Lipinski definition) is 1. The van der Waals surface area contributed by atoms with Gasteiger partial charge >= 0.3 is 5.63 Å². The van der Waals surface area contributed by atoms with E-state index in [1.807, 2.05) is 18.2 Å². The Labute approximate surface area is 208 Å². The van der Waals surface area contributed by atoms with Gasteiger partial charge in [0.05, 0.1) is 18.4 Å². The molecule has 190 valence electrons. The molecule has 3 fully saturated rings. The third-order valence-corrected chi connectivity index (χ3v) is 8.22. The van der Waals surface area contributed by atoms with Crippen LogP contribution in [0.15, 0.2) is 39.7 Å². The number of aromatic hydroxyl groups is 1. The van der Waals surface area contributed by atoms with Crippen LogP contribution in [0.5, 0.6) is 11.5 Å². The van der Waals surface area contributed by atoms with Gasteiger partial charge in [-0.15, -0.1) is 0 Å². The summed E-state index contributed by atoms with van der Waals surface area (Å²) < 4.78 is 10.9. The summed E-state index contributed by atoms with van der Waals surface area (Å²) >= 11 is 0. The SMILES string of the molecule is COc1ccccc1N1CCN(Cc2coc(=O)c(CN3CC4(C)CC3CC(C)(C)C4)c2O)CC1. The Morgan fingerprint density at radius 2 is 1.83 bits per heavy atom. The molecule has 2 unspecified atom stereocenters. The molecule has 1 aromatic heterocycles. The number of ether oxygens (including phenoxy) is 1. The van der Waals surface area contributed by atoms with Gasteiger partial charge in [0, 0.05) is 57.4 Å². The lowest BCUT2D eigenvalue weighted by atomic mass is 9.65. The molecule has 2 aromatic rings. The van der Waals surface area contributed by atoms with Crippen LogP contribution in [0.2, 0.25) is 0 Å². The zero-order chi connectivity index (χ0) is 24.8. The number of fused-ring (bicyclic) bond motifs is 2. The molecule has 7 heteroatoms. The van der Waals surface area contributed by atoms with Crippen molar-refractivity contribution in [3.63, 3.8) is 0 Å². The second kappa shape index (κ2) is 9.17. The van der Waals surface area contributed by atoms with Crippen LogP contribution < -0.4 is 15.3 Å². The van der Waals surface area contributed by atoms with Crippen molar-refractivity contribution in [2.75, 3.05) is 44.7 Å². The maximum Gasteiger partial charge on any atom is 0.343 e. The summed E-state index contributed by atoms with van der Waals surface area (Å²) in [5.74, 6) is 0.996. The molecule has 2 aliphatic heterocycles. The maximum absolute atomic E-state index is 12.6. The second-order valence-electron chi connectivity index (χ2n) is 11.9. The van der Waals surface area contributed by atoms with E-state index in [4.69, 9.17) is 9.15 Å². The molecule has 1 aromatic carbocycles. The van der Waals surface area contributed by atoms with E-state index in [-0.39, 0.29) is 11.2 Å². The first kappa shape index (κ1) is 24.2. The minimum atomic E-state index is -0.418. The molecule has 1 saturated carbocycles. The van der Waals surface area contributed by atoms with Gasteiger partial charge in [-0.2, -0.15) is 0 Å². The van der Waals surface area contributed by atoms with E-state index < -0.39 is 5.63 Å². The monoisotopic (exact) mass is 481 g/mol. The fourth-order valence-electron chi connectivity index (χ4n) is 7.04. The van der Waals surface area contributed by atoms with Crippen LogP contribution in [-0.4, -0.2) is 60.8 Å². The summed E-state index contributed by atoms with van der Waals surface area (Å²) in [6.07, 6.45) is 4.94. The average Bonchev–Trinajstić information content (AvgIpc) is 3.06. The average molecular weight is 482 g/mol. The number of likely N-dealkylation sites (tertiary alicyclic amines) is 1. The van der Waals surface area contributed by atoms with Crippen molar-refractivity contribution in [3.05, 3.63) is 52.1 Å². The molecule has 3 heterocycles. The van der Waals surface area contributed by atoms with Crippen molar-refractivity contribution in [2.24, 2.45) is 10.8 Å². The molecule has 3 aliphatic rings. The largest absolute Gasteiger partial charge is 0.507 e. The maximum atomic E-state index is 12.6. The van der Waals surface area contributed by atoms with Gasteiger partial charge in [-0.3, -0.25) is 9.80 Å². The lowest BCUT2D eigenvalue weighted by Gasteiger charge is -2.39. The van der Waals surface area contributed by atoms with Crippen molar-refractivity contribution in [1.82, 2.24) is 9.80 Å². The number of anilines is 1. The van der Waals surface area contributed by atoms with E-state index in [9.17, 15) is 9.90 Å². The highest BCUT2D eigenvalue weighted by molar-refractivity contribution is 5.58. The Morgan fingerprint density at radius 1 is 1.09 bits per heavy atom. The topological polar surface area (TPSA) is 69.4 Å². The van der Waals surface area contributed by atoms with E-state index in [1.54, 1.807) is 7.11 Å². The Bertz CT molecular complexity index is 1120. The number of para-hydroxylation sites is 2. The molecular weight excluding hydrogens is 442 g/mol. The fourth-order valence-corrected chi connectivity index (χ4v) is 7.04. The zero-order valence-corrected chi connectivity index (χ0v) is 21.5. The normalized spacial score (nSPS) is 26.7. The highest BCUT2D eigenvalue weighted by atomic mass is 16.5. The van der Waals surface area contributed by atoms with E-state index in [0.29, 0.717) is 35.7 Å². The second-order valence-corrected chi connectivity index (χ2v) is 11.9. The van der Waals surface area contributed by atoms with Crippen LogP contribution >= 0.6 is 0 Å². The first-order chi connectivity index (χ1) is 16.7. The minimum absolute atomic E-state index is 0.110. The zero-order valence-electron chi connectivity index (χ0n) is 21.5. The van der Waals surface area contributed by atoms with Crippen LogP contribution in [0.25, 0.3) is 0 Å². The molecule has 2 saturated heterocycles. The van der Waals surface area contributed by atoms with Crippen LogP contribution in [0, 0.1) is 10.8 Å². The Kier molecular flexibility index (Phi) is 6.34. The van der Waals surface area contributed by atoms with Gasteiger partial charge in [0.25, 0.3) is 0 Å². The quantitative estimate of drug-likeness (QED) is 0.667. The molecular formula is C28H39N3O4. The molecule has 1 aliphatic carbocycles. The highest BCUT2D eigenvalue weighted by Crippen LogP contribution is 2.52. The standard InChI is InChI=1S/C28H39N3O4/c1-27(2)13-21-14-28(3,18-27)19-31(21)16-22-25(32)20(17-35-26(22)33)15-29-9-11-30(12-10-29)23-7-5-6-8-24(23)34-4/h5-8,17,21,32H,9-16,18-19H2,1-4H3. The summed E-state index contributed by atoms with van der Waals surface area (Å²) in [6, 6.07) is 8.55. The van der Waals surface area contributed by atoms with E-state index in [1.165, 1.54) is 19.1 Å². The highest BCUT2D eigenvalue weighted by Gasteiger charge is 2.49. The van der Waals surface area contributed by atoms with Crippen LogP contribution in [0.3, 0.4) is 0 Å². The lowest BCUT2D eigenvalue weighted by Crippen LogP contribution is -2.46. The van der Waals surface area contributed by atoms with Crippen LogP contribution in [-0.2, 0) is 13.1 Å². The molecule has 5 rings (SSSR count). The molecule has 7 nitrogen and oxygen atoms in total. The first-order valence-electron chi connectivity index (χ1n) is 12.8. The Hall–Kier alpha value is -2.51. The molecule has 35 heavy (non-hydrogen) atoms. The van der Waals surface area contributed by atoms with Crippen molar-refractivity contribution in [1.29, 1.82) is 0 Å². The molecule has 0 radical (unpaired) electrons. The summed E-state index contributed by atoms with van der Waals surface area (Å²) in [5.41, 5.74) is 2.38. The molecule has 1 N–H and O–H groups in total. The Balaban J connectivity index is 1.26. The number of nitrogens with zero attached hydrogens (tertiary/aromatic N) is 3. The summed E-state index contributed by atoms with van der Waals surface area (Å²) in [6.45, 7) is 12.5. The smallest absolute Gasteiger partial charge is 0.343 e. The van der Waals surface area contributed by atoms with Crippen molar-refractivity contribution >= 4 is 5.69 Å². The van der Waals surface area contributed by atoms with Gasteiger partial charge in [-0.05, 0) is 42.2 Å². The summed E-state index contributed by atoms with van der Waals surface area (Å²) in [7, 11) is 1.70. The van der Waals surface area contributed by atoms with Gasteiger partial charge in [-0.25, -0.2) is 4.79 Å². The van der Waals surface area contributed by atoms with E-state index >= 15 is 0 Å². The molecule has 0 amide bonds. The molecule has 2 atom stereocenters. The predicted octanol–water partition coefficient (Wildman–Crippen LogP) is 4.08. The number of piperazine rings is 1. The van der Waals surface area contributed by atoms with Gasteiger partial charge in [0.2, 0.25) is 0 Å². The predicted molar refractivity (Wildman–Crippen MR) is 137 cm³/mol. The fraction of sp³-hybridized carbons (Fsp3) is 0.607. The third-order valence-electron chi connectivity index (χ3n) is 8.22. The summed E-state index contributed by atoms with van der Waals surface area (Å²) in [5, 5.41) is 11.1. The van der Waals surface area contributed by atoms with Crippen molar-refractivity contribution in [2.45, 2.75) is 59.2 Å². The van der Waals surface area contributed by atoms with E-state index in [2.05, 4.69) is 41.5 Å². The number of hydrogen-bond acceptors (Lipinski definition) is 7. The molecule has 2 bridgehead atoms. The van der Waals surface area contributed by atoms with Crippen LogP contribution in [0.1, 0.15) is 51.2 Å². The van der Waals surface area contributed by atoms with Crippen LogP contribution in [0.4, 0.5) is 5.69 Å². The number of benzene rings is 1. The number of rotatable bonds is 6. The third kappa shape index (κ3) is 4.94. The van der Waals surface area contributed by atoms with Crippen molar-refractivity contribution < 1.29 is 14.3 Å². The van der Waals surface area contributed by atoms with E-state index in [0.717, 1.165) is 50.6 Å². The van der Waals surface area contributed by atoms with Gasteiger partial charge in [0.1, 0.15) is 17.8 Å². The van der Waals surface area contributed by atoms with Gasteiger partial charge < -0.3 is 19.2 Å². The van der Waals surface area contributed by atoms with Crippen molar-refractivity contribution in [3.8, 4) is 11.5 Å².